The topological polar surface area (TPSA) is 73.8 Å². The zero-order valence-electron chi connectivity index (χ0n) is 10.5. The standard InChI is InChI=1S/C12H20N4O/c1-3-7-16-9(8-14-15-16)11(17)12(2)6-4-5-10(12)13/h8,10H,3-7,13H2,1-2H3. The molecule has 0 saturated heterocycles. The number of hydrogen-bond donors (Lipinski definition) is 1. The first-order valence-electron chi connectivity index (χ1n) is 6.28. The minimum Gasteiger partial charge on any atom is -0.327 e. The van der Waals surface area contributed by atoms with Crippen LogP contribution in [0.1, 0.15) is 50.0 Å². The third kappa shape index (κ3) is 1.99. The number of nitrogens with two attached hydrogens (primary N) is 1. The quantitative estimate of drug-likeness (QED) is 0.802. The smallest absolute Gasteiger partial charge is 0.189 e. The van der Waals surface area contributed by atoms with Crippen LogP contribution >= 0.6 is 0 Å². The first kappa shape index (κ1) is 12.2. The van der Waals surface area contributed by atoms with Crippen LogP contribution in [0, 0.1) is 5.41 Å². The van der Waals surface area contributed by atoms with Crippen molar-refractivity contribution in [1.82, 2.24) is 15.0 Å². The zero-order chi connectivity index (χ0) is 12.5. The van der Waals surface area contributed by atoms with Crippen LogP contribution < -0.4 is 5.73 Å². The van der Waals surface area contributed by atoms with Crippen LogP contribution in [0.5, 0.6) is 0 Å². The number of aryl methyl sites for hydroxylation is 1. The van der Waals surface area contributed by atoms with Crippen LogP contribution in [0.15, 0.2) is 6.20 Å². The molecular formula is C12H20N4O. The van der Waals surface area contributed by atoms with E-state index in [2.05, 4.69) is 17.2 Å². The molecule has 2 unspecified atom stereocenters. The Kier molecular flexibility index (Phi) is 3.28. The van der Waals surface area contributed by atoms with E-state index < -0.39 is 5.41 Å². The molecule has 0 spiro atoms. The van der Waals surface area contributed by atoms with Gasteiger partial charge in [-0.1, -0.05) is 25.5 Å². The van der Waals surface area contributed by atoms with Crippen molar-refractivity contribution in [3.63, 3.8) is 0 Å². The first-order valence-corrected chi connectivity index (χ1v) is 6.28. The van der Waals surface area contributed by atoms with Gasteiger partial charge in [-0.05, 0) is 19.3 Å². The van der Waals surface area contributed by atoms with Crippen molar-refractivity contribution in [3.8, 4) is 0 Å². The number of carbonyl (C=O) groups is 1. The highest BCUT2D eigenvalue weighted by molar-refractivity contribution is 5.99. The fraction of sp³-hybridized carbons (Fsp3) is 0.750. The third-order valence-electron chi connectivity index (χ3n) is 3.83. The second-order valence-electron chi connectivity index (χ2n) is 5.09. The van der Waals surface area contributed by atoms with Crippen molar-refractivity contribution >= 4 is 5.78 Å². The molecule has 1 aromatic rings. The van der Waals surface area contributed by atoms with E-state index in [-0.39, 0.29) is 11.8 Å². The van der Waals surface area contributed by atoms with E-state index in [0.29, 0.717) is 5.69 Å². The van der Waals surface area contributed by atoms with Crippen molar-refractivity contribution in [3.05, 3.63) is 11.9 Å². The number of aromatic nitrogens is 3. The van der Waals surface area contributed by atoms with E-state index in [1.807, 2.05) is 6.92 Å². The molecule has 1 aromatic heterocycles. The Bertz CT molecular complexity index is 414. The summed E-state index contributed by atoms with van der Waals surface area (Å²) in [4.78, 5) is 12.6. The van der Waals surface area contributed by atoms with E-state index in [1.165, 1.54) is 0 Å². The highest BCUT2D eigenvalue weighted by atomic mass is 16.1. The first-order chi connectivity index (χ1) is 8.09. The summed E-state index contributed by atoms with van der Waals surface area (Å²) in [5.41, 5.74) is 6.24. The molecule has 0 aliphatic heterocycles. The van der Waals surface area contributed by atoms with E-state index in [1.54, 1.807) is 10.9 Å². The molecule has 2 atom stereocenters. The maximum atomic E-state index is 12.6. The average molecular weight is 236 g/mol. The highest BCUT2D eigenvalue weighted by Crippen LogP contribution is 2.39. The predicted octanol–water partition coefficient (Wildman–Crippen LogP) is 1.39. The summed E-state index contributed by atoms with van der Waals surface area (Å²) in [6, 6.07) is -0.0417. The minimum absolute atomic E-state index is 0.0417. The van der Waals surface area contributed by atoms with Crippen LogP contribution in [0.3, 0.4) is 0 Å². The molecule has 0 aromatic carbocycles. The molecule has 2 rings (SSSR count). The van der Waals surface area contributed by atoms with Gasteiger partial charge in [-0.2, -0.15) is 0 Å². The van der Waals surface area contributed by atoms with Gasteiger partial charge in [0.15, 0.2) is 5.78 Å². The average Bonchev–Trinajstić information content (AvgIpc) is 2.88. The maximum Gasteiger partial charge on any atom is 0.189 e. The maximum absolute atomic E-state index is 12.6. The SMILES string of the molecule is CCCn1nncc1C(=O)C1(C)CCCC1N. The van der Waals surface area contributed by atoms with Gasteiger partial charge in [0.05, 0.1) is 6.20 Å². The lowest BCUT2D eigenvalue weighted by Gasteiger charge is -2.27. The van der Waals surface area contributed by atoms with Gasteiger partial charge >= 0.3 is 0 Å². The predicted molar refractivity (Wildman–Crippen MR) is 64.6 cm³/mol. The van der Waals surface area contributed by atoms with Crippen LogP contribution in [0.4, 0.5) is 0 Å². The van der Waals surface area contributed by atoms with E-state index in [9.17, 15) is 4.79 Å². The minimum atomic E-state index is -0.437. The lowest BCUT2D eigenvalue weighted by molar-refractivity contribution is 0.0790. The number of Topliss-reactive ketones (excluding diaryl/α,β-unsaturated/α-hetero) is 1. The summed E-state index contributed by atoms with van der Waals surface area (Å²) in [7, 11) is 0. The molecular weight excluding hydrogens is 216 g/mol. The lowest BCUT2D eigenvalue weighted by Crippen LogP contribution is -2.41. The van der Waals surface area contributed by atoms with Gasteiger partial charge in [0.2, 0.25) is 0 Å². The fourth-order valence-electron chi connectivity index (χ4n) is 2.58. The van der Waals surface area contributed by atoms with Crippen LogP contribution in [-0.4, -0.2) is 26.8 Å². The molecule has 0 bridgehead atoms. The third-order valence-corrected chi connectivity index (χ3v) is 3.83. The Hall–Kier alpha value is -1.23. The number of nitrogens with zero attached hydrogens (tertiary/aromatic N) is 3. The van der Waals surface area contributed by atoms with Crippen LogP contribution in [0.2, 0.25) is 0 Å². The Labute approximate surface area is 101 Å². The molecule has 1 aliphatic carbocycles. The molecule has 5 nitrogen and oxygen atoms in total. The number of carbonyl (C=O) groups excluding carboxylic acids is 1. The lowest BCUT2D eigenvalue weighted by atomic mass is 9.79. The van der Waals surface area contributed by atoms with Gasteiger partial charge in [-0.15, -0.1) is 5.10 Å². The van der Waals surface area contributed by atoms with Crippen molar-refractivity contribution in [2.75, 3.05) is 0 Å². The van der Waals surface area contributed by atoms with Crippen molar-refractivity contribution < 1.29 is 4.79 Å². The van der Waals surface area contributed by atoms with Crippen molar-refractivity contribution in [2.45, 2.75) is 52.1 Å². The molecule has 17 heavy (non-hydrogen) atoms. The van der Waals surface area contributed by atoms with Gasteiger partial charge in [-0.3, -0.25) is 4.79 Å². The van der Waals surface area contributed by atoms with Gasteiger partial charge in [0.25, 0.3) is 0 Å². The number of ketones is 1. The molecule has 1 saturated carbocycles. The van der Waals surface area contributed by atoms with E-state index in [0.717, 1.165) is 32.2 Å². The van der Waals surface area contributed by atoms with Gasteiger partial charge in [0.1, 0.15) is 5.69 Å². The second-order valence-corrected chi connectivity index (χ2v) is 5.09. The fourth-order valence-corrected chi connectivity index (χ4v) is 2.58. The largest absolute Gasteiger partial charge is 0.327 e. The van der Waals surface area contributed by atoms with Gasteiger partial charge in [0, 0.05) is 18.0 Å². The summed E-state index contributed by atoms with van der Waals surface area (Å²) in [5.74, 6) is 0.0981. The summed E-state index contributed by atoms with van der Waals surface area (Å²) < 4.78 is 1.69. The Morgan fingerprint density at radius 2 is 2.47 bits per heavy atom. The summed E-state index contributed by atoms with van der Waals surface area (Å²) in [5, 5.41) is 7.80. The number of rotatable bonds is 4. The summed E-state index contributed by atoms with van der Waals surface area (Å²) in [6.07, 6.45) is 5.32. The molecule has 0 amide bonds. The van der Waals surface area contributed by atoms with E-state index >= 15 is 0 Å². The Morgan fingerprint density at radius 3 is 3.06 bits per heavy atom. The molecule has 1 heterocycles. The van der Waals surface area contributed by atoms with Crippen molar-refractivity contribution in [1.29, 1.82) is 0 Å². The van der Waals surface area contributed by atoms with Crippen LogP contribution in [0.25, 0.3) is 0 Å². The Morgan fingerprint density at radius 1 is 1.71 bits per heavy atom. The molecule has 1 aliphatic rings. The molecule has 0 radical (unpaired) electrons. The van der Waals surface area contributed by atoms with Gasteiger partial charge < -0.3 is 5.73 Å². The number of hydrogen-bond acceptors (Lipinski definition) is 4. The van der Waals surface area contributed by atoms with Crippen LogP contribution in [-0.2, 0) is 6.54 Å². The second kappa shape index (κ2) is 4.56. The summed E-state index contributed by atoms with van der Waals surface area (Å²) >= 11 is 0. The normalized spacial score (nSPS) is 28.5. The monoisotopic (exact) mass is 236 g/mol. The molecule has 1 fully saturated rings. The van der Waals surface area contributed by atoms with Gasteiger partial charge in [-0.25, -0.2) is 4.68 Å². The molecule has 2 N–H and O–H groups in total. The van der Waals surface area contributed by atoms with E-state index in [4.69, 9.17) is 5.73 Å². The summed E-state index contributed by atoms with van der Waals surface area (Å²) in [6.45, 7) is 4.75. The molecule has 5 heteroatoms. The Balaban J connectivity index is 2.27. The molecule has 94 valence electrons. The van der Waals surface area contributed by atoms with Crippen molar-refractivity contribution in [2.24, 2.45) is 11.1 Å². The highest BCUT2D eigenvalue weighted by Gasteiger charge is 2.44. The zero-order valence-corrected chi connectivity index (χ0v) is 10.5.